The van der Waals surface area contributed by atoms with Crippen LogP contribution < -0.4 is 10.2 Å². The van der Waals surface area contributed by atoms with Gasteiger partial charge in [0.2, 0.25) is 0 Å². The highest BCUT2D eigenvalue weighted by Crippen LogP contribution is 2.28. The van der Waals surface area contributed by atoms with Crippen molar-refractivity contribution in [2.24, 2.45) is 0 Å². The number of nitrogens with zero attached hydrogens (tertiary/aromatic N) is 3. The van der Waals surface area contributed by atoms with Crippen molar-refractivity contribution in [1.29, 1.82) is 0 Å². The van der Waals surface area contributed by atoms with Crippen molar-refractivity contribution in [3.05, 3.63) is 78.6 Å². The molecule has 146 valence electrons. The first-order valence-electron chi connectivity index (χ1n) is 9.92. The van der Waals surface area contributed by atoms with Gasteiger partial charge in [-0.25, -0.2) is 0 Å². The average molecular weight is 386 g/mol. The van der Waals surface area contributed by atoms with Crippen LogP contribution in [0, 0.1) is 0 Å². The lowest BCUT2D eigenvalue weighted by molar-refractivity contribution is 0.0951. The predicted octanol–water partition coefficient (Wildman–Crippen LogP) is 4.02. The molecule has 0 aliphatic carbocycles. The van der Waals surface area contributed by atoms with Crippen molar-refractivity contribution < 1.29 is 9.21 Å². The van der Waals surface area contributed by atoms with Gasteiger partial charge in [-0.3, -0.25) is 4.79 Å². The number of rotatable bonds is 5. The SMILES string of the molecule is O=C(NC[C@@H]1CCCN1c1nc2ccccc2o1)c1ccc(-n2cccc2)cc1. The summed E-state index contributed by atoms with van der Waals surface area (Å²) >= 11 is 0. The maximum absolute atomic E-state index is 12.6. The first-order chi connectivity index (χ1) is 14.3. The summed E-state index contributed by atoms with van der Waals surface area (Å²) in [5, 5.41) is 3.07. The summed E-state index contributed by atoms with van der Waals surface area (Å²) in [5.74, 6) is -0.0616. The van der Waals surface area contributed by atoms with Crippen molar-refractivity contribution in [3.8, 4) is 5.69 Å². The molecule has 29 heavy (non-hydrogen) atoms. The van der Waals surface area contributed by atoms with Gasteiger partial charge in [-0.15, -0.1) is 0 Å². The Labute approximate surface area is 168 Å². The summed E-state index contributed by atoms with van der Waals surface area (Å²) in [5.41, 5.74) is 3.34. The van der Waals surface area contributed by atoms with Crippen LogP contribution in [0.4, 0.5) is 6.01 Å². The van der Waals surface area contributed by atoms with Gasteiger partial charge in [-0.1, -0.05) is 12.1 Å². The van der Waals surface area contributed by atoms with Gasteiger partial charge in [-0.2, -0.15) is 4.98 Å². The summed E-state index contributed by atoms with van der Waals surface area (Å²) in [6.07, 6.45) is 6.03. The number of oxazole rings is 1. The minimum Gasteiger partial charge on any atom is -0.423 e. The van der Waals surface area contributed by atoms with Crippen LogP contribution >= 0.6 is 0 Å². The summed E-state index contributed by atoms with van der Waals surface area (Å²) in [7, 11) is 0. The van der Waals surface area contributed by atoms with Crippen molar-refractivity contribution in [2.45, 2.75) is 18.9 Å². The monoisotopic (exact) mass is 386 g/mol. The van der Waals surface area contributed by atoms with Crippen LogP contribution in [0.1, 0.15) is 23.2 Å². The molecule has 1 atom stereocenters. The van der Waals surface area contributed by atoms with Crippen molar-refractivity contribution in [2.75, 3.05) is 18.0 Å². The average Bonchev–Trinajstić information content (AvgIpc) is 3.52. The Hall–Kier alpha value is -3.54. The fourth-order valence-electron chi connectivity index (χ4n) is 3.89. The highest BCUT2D eigenvalue weighted by molar-refractivity contribution is 5.94. The molecule has 1 aliphatic heterocycles. The van der Waals surface area contributed by atoms with Gasteiger partial charge in [0.05, 0.1) is 6.04 Å². The van der Waals surface area contributed by atoms with E-state index >= 15 is 0 Å². The Morgan fingerprint density at radius 1 is 1.07 bits per heavy atom. The van der Waals surface area contributed by atoms with Crippen LogP contribution in [0.25, 0.3) is 16.8 Å². The Morgan fingerprint density at radius 3 is 2.66 bits per heavy atom. The van der Waals surface area contributed by atoms with Crippen LogP contribution in [-0.2, 0) is 0 Å². The van der Waals surface area contributed by atoms with Crippen LogP contribution in [-0.4, -0.2) is 34.6 Å². The molecule has 1 fully saturated rings. The van der Waals surface area contributed by atoms with Crippen LogP contribution in [0.15, 0.2) is 77.5 Å². The molecule has 1 N–H and O–H groups in total. The third-order valence-electron chi connectivity index (χ3n) is 5.44. The number of amides is 1. The Kier molecular flexibility index (Phi) is 4.52. The highest BCUT2D eigenvalue weighted by Gasteiger charge is 2.28. The number of carbonyl (C=O) groups is 1. The minimum atomic E-state index is -0.0616. The number of benzene rings is 2. The molecule has 6 nitrogen and oxygen atoms in total. The standard InChI is InChI=1S/C23H22N4O2/c28-22(17-9-11-18(12-10-17)26-13-3-4-14-26)24-16-19-6-5-15-27(19)23-25-20-7-1-2-8-21(20)29-23/h1-4,7-14,19H,5-6,15-16H2,(H,24,28)/t19-/m0/s1. The number of hydrogen-bond acceptors (Lipinski definition) is 4. The molecular weight excluding hydrogens is 364 g/mol. The van der Waals surface area contributed by atoms with Crippen molar-refractivity contribution in [1.82, 2.24) is 14.9 Å². The second-order valence-electron chi connectivity index (χ2n) is 7.30. The van der Waals surface area contributed by atoms with Gasteiger partial charge in [0.1, 0.15) is 5.52 Å². The zero-order valence-corrected chi connectivity index (χ0v) is 16.0. The summed E-state index contributed by atoms with van der Waals surface area (Å²) < 4.78 is 7.93. The zero-order chi connectivity index (χ0) is 19.6. The molecule has 1 saturated heterocycles. The summed E-state index contributed by atoms with van der Waals surface area (Å²) in [6.45, 7) is 1.45. The number of aromatic nitrogens is 2. The zero-order valence-electron chi connectivity index (χ0n) is 16.0. The smallest absolute Gasteiger partial charge is 0.298 e. The van der Waals surface area contributed by atoms with E-state index < -0.39 is 0 Å². The van der Waals surface area contributed by atoms with E-state index in [1.165, 1.54) is 0 Å². The number of para-hydroxylation sites is 2. The van der Waals surface area contributed by atoms with E-state index in [9.17, 15) is 4.79 Å². The maximum Gasteiger partial charge on any atom is 0.298 e. The molecule has 0 unspecified atom stereocenters. The van der Waals surface area contributed by atoms with E-state index in [1.54, 1.807) is 0 Å². The van der Waals surface area contributed by atoms with E-state index in [4.69, 9.17) is 4.42 Å². The quantitative estimate of drug-likeness (QED) is 0.563. The second-order valence-corrected chi connectivity index (χ2v) is 7.30. The highest BCUT2D eigenvalue weighted by atomic mass is 16.4. The second kappa shape index (κ2) is 7.47. The minimum absolute atomic E-state index is 0.0616. The molecule has 0 radical (unpaired) electrons. The van der Waals surface area contributed by atoms with E-state index in [0.717, 1.165) is 36.2 Å². The van der Waals surface area contributed by atoms with E-state index in [2.05, 4.69) is 15.2 Å². The fourth-order valence-corrected chi connectivity index (χ4v) is 3.89. The normalized spacial score (nSPS) is 16.4. The summed E-state index contributed by atoms with van der Waals surface area (Å²) in [6, 6.07) is 20.2. The van der Waals surface area contributed by atoms with Gasteiger partial charge in [0.15, 0.2) is 5.58 Å². The Balaban J connectivity index is 1.24. The third kappa shape index (κ3) is 3.49. The lowest BCUT2D eigenvalue weighted by Crippen LogP contribution is -2.40. The number of fused-ring (bicyclic) bond motifs is 1. The van der Waals surface area contributed by atoms with Gasteiger partial charge in [-0.05, 0) is 61.4 Å². The lowest BCUT2D eigenvalue weighted by atomic mass is 10.1. The molecule has 2 aromatic heterocycles. The van der Waals surface area contributed by atoms with E-state index in [-0.39, 0.29) is 11.9 Å². The molecule has 4 aromatic rings. The summed E-state index contributed by atoms with van der Waals surface area (Å²) in [4.78, 5) is 19.4. The van der Waals surface area contributed by atoms with Crippen LogP contribution in [0.3, 0.4) is 0 Å². The lowest BCUT2D eigenvalue weighted by Gasteiger charge is -2.23. The van der Waals surface area contributed by atoms with Crippen LogP contribution in [0.2, 0.25) is 0 Å². The molecule has 5 rings (SSSR count). The molecule has 0 saturated carbocycles. The third-order valence-corrected chi connectivity index (χ3v) is 5.44. The molecule has 6 heteroatoms. The van der Waals surface area contributed by atoms with Crippen molar-refractivity contribution in [3.63, 3.8) is 0 Å². The molecule has 1 aliphatic rings. The number of anilines is 1. The largest absolute Gasteiger partial charge is 0.423 e. The molecule has 0 spiro atoms. The number of hydrogen-bond donors (Lipinski definition) is 1. The number of carbonyl (C=O) groups excluding carboxylic acids is 1. The van der Waals surface area contributed by atoms with Gasteiger partial charge in [0.25, 0.3) is 11.9 Å². The van der Waals surface area contributed by atoms with Gasteiger partial charge in [0, 0.05) is 36.7 Å². The molecular formula is C23H22N4O2. The van der Waals surface area contributed by atoms with E-state index in [1.807, 2.05) is 77.6 Å². The van der Waals surface area contributed by atoms with Gasteiger partial charge < -0.3 is 19.2 Å². The molecule has 0 bridgehead atoms. The molecule has 1 amide bonds. The van der Waals surface area contributed by atoms with Gasteiger partial charge >= 0.3 is 0 Å². The first-order valence-corrected chi connectivity index (χ1v) is 9.92. The Morgan fingerprint density at radius 2 is 1.86 bits per heavy atom. The number of nitrogens with one attached hydrogen (secondary N) is 1. The van der Waals surface area contributed by atoms with E-state index in [0.29, 0.717) is 18.1 Å². The molecule has 2 aromatic carbocycles. The van der Waals surface area contributed by atoms with Crippen LogP contribution in [0.5, 0.6) is 0 Å². The first kappa shape index (κ1) is 17.6. The predicted molar refractivity (Wildman–Crippen MR) is 112 cm³/mol. The van der Waals surface area contributed by atoms with Crippen molar-refractivity contribution >= 4 is 23.0 Å². The topological polar surface area (TPSA) is 63.3 Å². The fraction of sp³-hybridized carbons (Fsp3) is 0.217. The Bertz CT molecular complexity index is 1080. The maximum atomic E-state index is 12.6. The molecule has 3 heterocycles.